The Labute approximate surface area is 138 Å². The molecule has 0 unspecified atom stereocenters. The average Bonchev–Trinajstić information content (AvgIpc) is 2.47. The van der Waals surface area contributed by atoms with E-state index in [1.165, 1.54) is 10.6 Å². The third-order valence-corrected chi connectivity index (χ3v) is 4.06. The quantitative estimate of drug-likeness (QED) is 0.852. The van der Waals surface area contributed by atoms with Gasteiger partial charge in [0.1, 0.15) is 0 Å². The molecule has 2 heterocycles. The van der Waals surface area contributed by atoms with Crippen LogP contribution in [0.3, 0.4) is 0 Å². The number of aromatic hydroxyl groups is 1. The zero-order valence-corrected chi connectivity index (χ0v) is 13.2. The fourth-order valence-electron chi connectivity index (χ4n) is 2.58. The van der Waals surface area contributed by atoms with Crippen LogP contribution in [0.4, 0.5) is 4.39 Å². The van der Waals surface area contributed by atoms with Crippen LogP contribution in [0.25, 0.3) is 0 Å². The van der Waals surface area contributed by atoms with Crippen molar-refractivity contribution in [1.82, 2.24) is 9.47 Å². The summed E-state index contributed by atoms with van der Waals surface area (Å²) in [7, 11) is 0. The standard InChI is InChI=1S/C15H14ClFN2O2.ClH/c16-12-4-2-1-3-10(12)8-18-5-6-19-11(9-18)7-13(20)14(21)15(19)17;/h1-4,7,21H,5-6,8-9H2;1H. The summed E-state index contributed by atoms with van der Waals surface area (Å²) in [5.41, 5.74) is 0.876. The van der Waals surface area contributed by atoms with E-state index in [-0.39, 0.29) is 12.4 Å². The van der Waals surface area contributed by atoms with E-state index in [0.717, 1.165) is 5.56 Å². The van der Waals surface area contributed by atoms with E-state index in [2.05, 4.69) is 4.90 Å². The first kappa shape index (κ1) is 16.8. The molecular weight excluding hydrogens is 330 g/mol. The molecule has 0 bridgehead atoms. The molecular formula is C15H15Cl2FN2O2. The van der Waals surface area contributed by atoms with Gasteiger partial charge in [0, 0.05) is 43.0 Å². The van der Waals surface area contributed by atoms with Gasteiger partial charge in [-0.2, -0.15) is 4.39 Å². The van der Waals surface area contributed by atoms with Crippen LogP contribution in [0.15, 0.2) is 35.1 Å². The summed E-state index contributed by atoms with van der Waals surface area (Å²) < 4.78 is 15.2. The van der Waals surface area contributed by atoms with Gasteiger partial charge in [0.2, 0.25) is 17.1 Å². The van der Waals surface area contributed by atoms with E-state index in [9.17, 15) is 14.3 Å². The molecule has 1 N–H and O–H groups in total. The third kappa shape index (κ3) is 3.11. The maximum absolute atomic E-state index is 13.8. The number of nitrogens with zero attached hydrogens (tertiary/aromatic N) is 2. The van der Waals surface area contributed by atoms with E-state index >= 15 is 0 Å². The van der Waals surface area contributed by atoms with Crippen molar-refractivity contribution in [2.45, 2.75) is 19.6 Å². The molecule has 1 aromatic heterocycles. The van der Waals surface area contributed by atoms with Crippen LogP contribution in [0.5, 0.6) is 5.75 Å². The summed E-state index contributed by atoms with van der Waals surface area (Å²) in [5, 5.41) is 10.1. The minimum atomic E-state index is -0.852. The van der Waals surface area contributed by atoms with Crippen molar-refractivity contribution >= 4 is 24.0 Å². The summed E-state index contributed by atoms with van der Waals surface area (Å²) >= 11 is 6.14. The Hall–Kier alpha value is -1.56. The van der Waals surface area contributed by atoms with Gasteiger partial charge in [-0.3, -0.25) is 9.69 Å². The molecule has 0 fully saturated rings. The van der Waals surface area contributed by atoms with E-state index in [1.807, 2.05) is 24.3 Å². The molecule has 0 amide bonds. The molecule has 0 spiro atoms. The van der Waals surface area contributed by atoms with Crippen molar-refractivity contribution in [1.29, 1.82) is 0 Å². The number of benzene rings is 1. The number of aromatic nitrogens is 1. The number of hydrogen-bond acceptors (Lipinski definition) is 3. The number of fused-ring (bicyclic) bond motifs is 1. The van der Waals surface area contributed by atoms with Gasteiger partial charge in [-0.1, -0.05) is 29.8 Å². The highest BCUT2D eigenvalue weighted by Crippen LogP contribution is 2.22. The van der Waals surface area contributed by atoms with Crippen molar-refractivity contribution in [3.8, 4) is 5.75 Å². The Morgan fingerprint density at radius 2 is 2.00 bits per heavy atom. The maximum atomic E-state index is 13.8. The smallest absolute Gasteiger partial charge is 0.240 e. The average molecular weight is 345 g/mol. The molecule has 0 saturated carbocycles. The lowest BCUT2D eigenvalue weighted by Crippen LogP contribution is -2.36. The monoisotopic (exact) mass is 344 g/mol. The van der Waals surface area contributed by atoms with Crippen molar-refractivity contribution < 1.29 is 9.50 Å². The van der Waals surface area contributed by atoms with Crippen LogP contribution in [-0.4, -0.2) is 21.1 Å². The lowest BCUT2D eigenvalue weighted by Gasteiger charge is -2.30. The number of rotatable bonds is 2. The van der Waals surface area contributed by atoms with E-state index in [4.69, 9.17) is 11.6 Å². The zero-order valence-electron chi connectivity index (χ0n) is 11.6. The molecule has 0 radical (unpaired) electrons. The minimum Gasteiger partial charge on any atom is -0.501 e. The van der Waals surface area contributed by atoms with Gasteiger partial charge < -0.3 is 9.67 Å². The second-order valence-corrected chi connectivity index (χ2v) is 5.50. The Balaban J connectivity index is 0.00000176. The van der Waals surface area contributed by atoms with E-state index in [1.54, 1.807) is 0 Å². The van der Waals surface area contributed by atoms with Gasteiger partial charge in [-0.15, -0.1) is 12.4 Å². The molecule has 22 heavy (non-hydrogen) atoms. The Kier molecular flexibility index (Phi) is 5.11. The van der Waals surface area contributed by atoms with Crippen molar-refractivity contribution in [3.05, 3.63) is 62.8 Å². The predicted molar refractivity (Wildman–Crippen MR) is 85.1 cm³/mol. The van der Waals surface area contributed by atoms with Crippen LogP contribution in [0, 0.1) is 5.95 Å². The van der Waals surface area contributed by atoms with Crippen LogP contribution in [-0.2, 0) is 19.6 Å². The maximum Gasteiger partial charge on any atom is 0.240 e. The van der Waals surface area contributed by atoms with Gasteiger partial charge >= 0.3 is 0 Å². The fourth-order valence-corrected chi connectivity index (χ4v) is 2.77. The third-order valence-electron chi connectivity index (χ3n) is 3.69. The van der Waals surface area contributed by atoms with Crippen molar-refractivity contribution in [2.24, 2.45) is 0 Å². The first-order chi connectivity index (χ1) is 10.1. The molecule has 7 heteroatoms. The normalized spacial score (nSPS) is 14.3. The molecule has 0 saturated heterocycles. The summed E-state index contributed by atoms with van der Waals surface area (Å²) in [6.45, 7) is 2.09. The summed E-state index contributed by atoms with van der Waals surface area (Å²) in [6.07, 6.45) is 0. The molecule has 0 atom stereocenters. The van der Waals surface area contributed by atoms with E-state index in [0.29, 0.717) is 36.9 Å². The summed E-state index contributed by atoms with van der Waals surface area (Å²) in [5.74, 6) is -1.66. The first-order valence-electron chi connectivity index (χ1n) is 6.63. The van der Waals surface area contributed by atoms with Crippen LogP contribution >= 0.6 is 24.0 Å². The molecule has 0 aliphatic carbocycles. The number of halogens is 3. The summed E-state index contributed by atoms with van der Waals surface area (Å²) in [6, 6.07) is 8.85. The lowest BCUT2D eigenvalue weighted by atomic mass is 10.1. The molecule has 1 aromatic carbocycles. The molecule has 4 nitrogen and oxygen atoms in total. The second kappa shape index (κ2) is 6.69. The van der Waals surface area contributed by atoms with Crippen LogP contribution in [0.1, 0.15) is 11.3 Å². The highest BCUT2D eigenvalue weighted by molar-refractivity contribution is 6.31. The molecule has 118 valence electrons. The van der Waals surface area contributed by atoms with Gasteiger partial charge in [-0.05, 0) is 11.6 Å². The fraction of sp³-hybridized carbons (Fsp3) is 0.267. The van der Waals surface area contributed by atoms with Crippen molar-refractivity contribution in [3.63, 3.8) is 0 Å². The molecule has 3 rings (SSSR count). The van der Waals surface area contributed by atoms with Gasteiger partial charge in [0.25, 0.3) is 0 Å². The molecule has 2 aromatic rings. The molecule has 1 aliphatic rings. The SMILES string of the molecule is Cl.O=c1cc2n(c(F)c1O)CCN(Cc1ccccc1Cl)C2. The van der Waals surface area contributed by atoms with Gasteiger partial charge in [0.05, 0.1) is 0 Å². The Morgan fingerprint density at radius 3 is 2.73 bits per heavy atom. The van der Waals surface area contributed by atoms with Crippen LogP contribution < -0.4 is 5.43 Å². The highest BCUT2D eigenvalue weighted by atomic mass is 35.5. The topological polar surface area (TPSA) is 45.5 Å². The first-order valence-corrected chi connectivity index (χ1v) is 7.01. The summed E-state index contributed by atoms with van der Waals surface area (Å²) in [4.78, 5) is 13.6. The highest BCUT2D eigenvalue weighted by Gasteiger charge is 2.21. The van der Waals surface area contributed by atoms with Crippen LogP contribution in [0.2, 0.25) is 5.02 Å². The predicted octanol–water partition coefficient (Wildman–Crippen LogP) is 2.78. The van der Waals surface area contributed by atoms with Crippen molar-refractivity contribution in [2.75, 3.05) is 6.54 Å². The molecule has 1 aliphatic heterocycles. The van der Waals surface area contributed by atoms with E-state index < -0.39 is 17.1 Å². The minimum absolute atomic E-state index is 0. The lowest BCUT2D eigenvalue weighted by molar-refractivity contribution is 0.198. The van der Waals surface area contributed by atoms with Gasteiger partial charge in [-0.25, -0.2) is 0 Å². The van der Waals surface area contributed by atoms with Gasteiger partial charge in [0.15, 0.2) is 0 Å². The zero-order chi connectivity index (χ0) is 15.0. The number of pyridine rings is 1. The Morgan fingerprint density at radius 1 is 1.27 bits per heavy atom. The number of hydrogen-bond donors (Lipinski definition) is 1. The second-order valence-electron chi connectivity index (χ2n) is 5.09. The largest absolute Gasteiger partial charge is 0.501 e. The Bertz CT molecular complexity index is 749.